The number of hydrogen-bond acceptors (Lipinski definition) is 4. The van der Waals surface area contributed by atoms with Crippen molar-refractivity contribution in [1.82, 2.24) is 9.97 Å². The lowest BCUT2D eigenvalue weighted by Gasteiger charge is -2.19. The molecule has 3 rings (SSSR count). The number of anilines is 1. The number of aromatic nitrogens is 2. The molecule has 0 atom stereocenters. The van der Waals surface area contributed by atoms with Gasteiger partial charge in [-0.1, -0.05) is 24.3 Å². The number of rotatable bonds is 6. The maximum atomic E-state index is 14.1. The highest BCUT2D eigenvalue weighted by Crippen LogP contribution is 2.24. The molecule has 0 spiro atoms. The Morgan fingerprint density at radius 3 is 2.70 bits per heavy atom. The normalized spacial score (nSPS) is 10.7. The van der Waals surface area contributed by atoms with E-state index < -0.39 is 0 Å². The number of halogens is 1. The molecule has 5 heteroatoms. The maximum Gasteiger partial charge on any atom is 0.142 e. The number of fused-ring (bicyclic) bond motifs is 1. The lowest BCUT2D eigenvalue weighted by Crippen LogP contribution is -2.22. The summed E-state index contributed by atoms with van der Waals surface area (Å²) in [6, 6.07) is 14.6. The molecule has 0 amide bonds. The van der Waals surface area contributed by atoms with Crippen molar-refractivity contribution in [3.05, 3.63) is 60.7 Å². The quantitative estimate of drug-likeness (QED) is 0.651. The number of benzene rings is 2. The van der Waals surface area contributed by atoms with Gasteiger partial charge in [0.2, 0.25) is 0 Å². The summed E-state index contributed by atoms with van der Waals surface area (Å²) in [7, 11) is 1.90. The van der Waals surface area contributed by atoms with E-state index >= 15 is 0 Å². The van der Waals surface area contributed by atoms with Crippen LogP contribution in [0, 0.1) is 5.82 Å². The van der Waals surface area contributed by atoms with Gasteiger partial charge in [0, 0.05) is 13.6 Å². The third-order valence-corrected chi connectivity index (χ3v) is 3.60. The number of ether oxygens (including phenoxy) is 1. The molecule has 0 aliphatic carbocycles. The van der Waals surface area contributed by atoms with Crippen LogP contribution in [0.25, 0.3) is 10.9 Å². The first-order chi connectivity index (χ1) is 11.3. The van der Waals surface area contributed by atoms with E-state index in [0.717, 1.165) is 12.2 Å². The lowest BCUT2D eigenvalue weighted by molar-refractivity contribution is 0.312. The van der Waals surface area contributed by atoms with Gasteiger partial charge >= 0.3 is 0 Å². The SMILES string of the molecule is CN(CCCOc1ccccc1)c1ncnc2cccc(F)c12. The van der Waals surface area contributed by atoms with Crippen molar-refractivity contribution < 1.29 is 9.13 Å². The van der Waals surface area contributed by atoms with Gasteiger partial charge in [0.1, 0.15) is 23.7 Å². The molecule has 0 fully saturated rings. The topological polar surface area (TPSA) is 38.2 Å². The first-order valence-electron chi connectivity index (χ1n) is 7.54. The third kappa shape index (κ3) is 3.56. The van der Waals surface area contributed by atoms with Gasteiger partial charge in [-0.25, -0.2) is 14.4 Å². The zero-order chi connectivity index (χ0) is 16.1. The Labute approximate surface area is 134 Å². The smallest absolute Gasteiger partial charge is 0.142 e. The van der Waals surface area contributed by atoms with Crippen LogP contribution in [0.1, 0.15) is 6.42 Å². The number of para-hydroxylation sites is 1. The molecule has 0 unspecified atom stereocenters. The second kappa shape index (κ2) is 7.05. The van der Waals surface area contributed by atoms with Gasteiger partial charge in [-0.3, -0.25) is 0 Å². The molecule has 0 radical (unpaired) electrons. The van der Waals surface area contributed by atoms with Gasteiger partial charge in [0.25, 0.3) is 0 Å². The summed E-state index contributed by atoms with van der Waals surface area (Å²) in [6.07, 6.45) is 2.28. The fourth-order valence-corrected chi connectivity index (χ4v) is 2.46. The Bertz CT molecular complexity index is 774. The molecule has 118 valence electrons. The van der Waals surface area contributed by atoms with Gasteiger partial charge in [-0.05, 0) is 30.7 Å². The average Bonchev–Trinajstić information content (AvgIpc) is 2.59. The molecule has 0 N–H and O–H groups in total. The Hall–Kier alpha value is -2.69. The van der Waals surface area contributed by atoms with Crippen molar-refractivity contribution >= 4 is 16.7 Å². The van der Waals surface area contributed by atoms with Gasteiger partial charge in [0.15, 0.2) is 0 Å². The predicted molar refractivity (Wildman–Crippen MR) is 89.3 cm³/mol. The summed E-state index contributed by atoms with van der Waals surface area (Å²) >= 11 is 0. The summed E-state index contributed by atoms with van der Waals surface area (Å²) < 4.78 is 19.8. The summed E-state index contributed by atoms with van der Waals surface area (Å²) in [6.45, 7) is 1.31. The van der Waals surface area contributed by atoms with Crippen molar-refractivity contribution in [1.29, 1.82) is 0 Å². The molecule has 0 aliphatic rings. The van der Waals surface area contributed by atoms with Gasteiger partial charge in [-0.2, -0.15) is 0 Å². The van der Waals surface area contributed by atoms with Crippen LogP contribution in [0.15, 0.2) is 54.9 Å². The number of nitrogens with zero attached hydrogens (tertiary/aromatic N) is 3. The van der Waals surface area contributed by atoms with E-state index in [0.29, 0.717) is 29.9 Å². The minimum Gasteiger partial charge on any atom is -0.494 e. The molecule has 23 heavy (non-hydrogen) atoms. The highest BCUT2D eigenvalue weighted by Gasteiger charge is 2.12. The van der Waals surface area contributed by atoms with E-state index in [1.54, 1.807) is 12.1 Å². The first-order valence-corrected chi connectivity index (χ1v) is 7.54. The molecule has 0 saturated heterocycles. The van der Waals surface area contributed by atoms with Gasteiger partial charge in [0.05, 0.1) is 17.5 Å². The Kier molecular flexibility index (Phi) is 4.66. The molecule has 0 saturated carbocycles. The van der Waals surface area contributed by atoms with Crippen LogP contribution in [-0.2, 0) is 0 Å². The van der Waals surface area contributed by atoms with E-state index in [9.17, 15) is 4.39 Å². The molecular formula is C18H18FN3O. The van der Waals surface area contributed by atoms with Gasteiger partial charge < -0.3 is 9.64 Å². The molecular weight excluding hydrogens is 293 g/mol. The lowest BCUT2D eigenvalue weighted by atomic mass is 10.2. The van der Waals surface area contributed by atoms with Crippen molar-refractivity contribution in [2.24, 2.45) is 0 Å². The summed E-state index contributed by atoms with van der Waals surface area (Å²) in [4.78, 5) is 10.3. The van der Waals surface area contributed by atoms with E-state index in [1.807, 2.05) is 42.3 Å². The number of hydrogen-bond donors (Lipinski definition) is 0. The highest BCUT2D eigenvalue weighted by atomic mass is 19.1. The second-order valence-electron chi connectivity index (χ2n) is 5.27. The largest absolute Gasteiger partial charge is 0.494 e. The fraction of sp³-hybridized carbons (Fsp3) is 0.222. The Balaban J connectivity index is 1.64. The van der Waals surface area contributed by atoms with E-state index in [-0.39, 0.29) is 5.82 Å². The van der Waals surface area contributed by atoms with Crippen molar-refractivity contribution in [2.45, 2.75) is 6.42 Å². The molecule has 2 aromatic carbocycles. The maximum absolute atomic E-state index is 14.1. The minimum absolute atomic E-state index is 0.300. The highest BCUT2D eigenvalue weighted by molar-refractivity contribution is 5.89. The Morgan fingerprint density at radius 2 is 1.87 bits per heavy atom. The van der Waals surface area contributed by atoms with Crippen LogP contribution in [0.2, 0.25) is 0 Å². The van der Waals surface area contributed by atoms with Crippen LogP contribution < -0.4 is 9.64 Å². The standard InChI is InChI=1S/C18H18FN3O/c1-22(11-6-12-23-14-7-3-2-4-8-14)18-17-15(19)9-5-10-16(17)20-13-21-18/h2-5,7-10,13H,6,11-12H2,1H3. The zero-order valence-corrected chi connectivity index (χ0v) is 12.9. The molecule has 0 aliphatic heterocycles. The third-order valence-electron chi connectivity index (χ3n) is 3.60. The monoisotopic (exact) mass is 311 g/mol. The van der Waals surface area contributed by atoms with Crippen molar-refractivity contribution in [3.8, 4) is 5.75 Å². The average molecular weight is 311 g/mol. The summed E-state index contributed by atoms with van der Waals surface area (Å²) in [5.41, 5.74) is 0.613. The van der Waals surface area contributed by atoms with Crippen molar-refractivity contribution in [2.75, 3.05) is 25.1 Å². The predicted octanol–water partition coefficient (Wildman–Crippen LogP) is 3.67. The van der Waals surface area contributed by atoms with E-state index in [2.05, 4.69) is 9.97 Å². The fourth-order valence-electron chi connectivity index (χ4n) is 2.46. The second-order valence-corrected chi connectivity index (χ2v) is 5.27. The van der Waals surface area contributed by atoms with Crippen LogP contribution in [0.3, 0.4) is 0 Å². The first kappa shape index (κ1) is 15.2. The van der Waals surface area contributed by atoms with E-state index in [1.165, 1.54) is 12.4 Å². The van der Waals surface area contributed by atoms with Crippen LogP contribution in [0.5, 0.6) is 5.75 Å². The van der Waals surface area contributed by atoms with Crippen molar-refractivity contribution in [3.63, 3.8) is 0 Å². The van der Waals surface area contributed by atoms with Gasteiger partial charge in [-0.15, -0.1) is 0 Å². The van der Waals surface area contributed by atoms with Crippen LogP contribution in [0.4, 0.5) is 10.2 Å². The molecule has 0 bridgehead atoms. The Morgan fingerprint density at radius 1 is 1.04 bits per heavy atom. The molecule has 4 nitrogen and oxygen atoms in total. The molecule has 1 heterocycles. The van der Waals surface area contributed by atoms with Crippen LogP contribution in [-0.4, -0.2) is 30.2 Å². The minimum atomic E-state index is -0.300. The molecule has 1 aromatic heterocycles. The zero-order valence-electron chi connectivity index (χ0n) is 12.9. The summed E-state index contributed by atoms with van der Waals surface area (Å²) in [5.74, 6) is 1.16. The van der Waals surface area contributed by atoms with E-state index in [4.69, 9.17) is 4.74 Å². The molecule has 3 aromatic rings. The van der Waals surface area contributed by atoms with Crippen LogP contribution >= 0.6 is 0 Å². The summed E-state index contributed by atoms with van der Waals surface area (Å²) in [5, 5.41) is 0.460.